The Kier molecular flexibility index (Phi) is 2.16. The molecule has 5 nitrogen and oxygen atoms in total. The summed E-state index contributed by atoms with van der Waals surface area (Å²) in [5.74, 6) is 0.624. The van der Waals surface area contributed by atoms with Crippen LogP contribution < -0.4 is 5.73 Å². The van der Waals surface area contributed by atoms with Crippen molar-refractivity contribution in [3.8, 4) is 5.13 Å². The normalized spacial score (nSPS) is 11.1. The van der Waals surface area contributed by atoms with E-state index >= 15 is 0 Å². The molecule has 0 saturated heterocycles. The maximum absolute atomic E-state index is 5.46. The van der Waals surface area contributed by atoms with E-state index in [2.05, 4.69) is 15.1 Å². The molecule has 0 fully saturated rings. The lowest BCUT2D eigenvalue weighted by atomic mass is 10.3. The molecule has 0 saturated carbocycles. The number of rotatable bonds is 2. The number of nitrogens with zero attached hydrogens (tertiary/aromatic N) is 4. The summed E-state index contributed by atoms with van der Waals surface area (Å²) < 4.78 is 2.80. The highest BCUT2D eigenvalue weighted by atomic mass is 32.1. The first-order valence-electron chi connectivity index (χ1n) is 4.83. The van der Waals surface area contributed by atoms with Crippen molar-refractivity contribution in [2.45, 2.75) is 6.54 Å². The highest BCUT2D eigenvalue weighted by Gasteiger charge is 2.06. The van der Waals surface area contributed by atoms with Crippen molar-refractivity contribution in [3.05, 3.63) is 36.4 Å². The zero-order chi connectivity index (χ0) is 11.0. The molecule has 16 heavy (non-hydrogen) atoms. The Bertz CT molecular complexity index is 594. The number of thiazole rings is 1. The van der Waals surface area contributed by atoms with Crippen molar-refractivity contribution in [3.63, 3.8) is 0 Å². The minimum atomic E-state index is 0.345. The third kappa shape index (κ3) is 1.48. The summed E-state index contributed by atoms with van der Waals surface area (Å²) in [5, 5.41) is 5.04. The summed E-state index contributed by atoms with van der Waals surface area (Å²) in [6, 6.07) is 7.99. The Morgan fingerprint density at radius 2 is 2.19 bits per heavy atom. The van der Waals surface area contributed by atoms with Crippen LogP contribution in [-0.4, -0.2) is 19.7 Å². The molecule has 2 heterocycles. The summed E-state index contributed by atoms with van der Waals surface area (Å²) in [6.45, 7) is 0.345. The van der Waals surface area contributed by atoms with Gasteiger partial charge in [-0.05, 0) is 12.1 Å². The number of hydrogen-bond acceptors (Lipinski definition) is 5. The number of nitrogens with two attached hydrogens (primary N) is 1. The van der Waals surface area contributed by atoms with E-state index in [0.717, 1.165) is 15.3 Å². The predicted octanol–water partition coefficient (Wildman–Crippen LogP) is 1.34. The summed E-state index contributed by atoms with van der Waals surface area (Å²) in [6.07, 6.45) is 1.64. The molecule has 6 heteroatoms. The second kappa shape index (κ2) is 3.66. The molecular weight excluding hydrogens is 222 g/mol. The molecule has 0 radical (unpaired) electrons. The number of hydrogen-bond donors (Lipinski definition) is 1. The molecule has 80 valence electrons. The van der Waals surface area contributed by atoms with Crippen molar-refractivity contribution in [1.29, 1.82) is 0 Å². The van der Waals surface area contributed by atoms with Crippen LogP contribution in [-0.2, 0) is 6.54 Å². The Labute approximate surface area is 95.6 Å². The van der Waals surface area contributed by atoms with Gasteiger partial charge >= 0.3 is 0 Å². The van der Waals surface area contributed by atoms with E-state index in [4.69, 9.17) is 5.73 Å². The third-order valence-corrected chi connectivity index (χ3v) is 3.23. The van der Waals surface area contributed by atoms with Gasteiger partial charge in [0.15, 0.2) is 5.82 Å². The number of fused-ring (bicyclic) bond motifs is 1. The fourth-order valence-electron chi connectivity index (χ4n) is 1.44. The highest BCUT2D eigenvalue weighted by molar-refractivity contribution is 7.20. The standard InChI is InChI=1S/C10H9N5S/c11-5-9-12-6-15(14-9)10-13-7-3-1-2-4-8(7)16-10/h1-4,6H,5,11H2. The largest absolute Gasteiger partial charge is 0.324 e. The monoisotopic (exact) mass is 231 g/mol. The van der Waals surface area contributed by atoms with Gasteiger partial charge in [-0.3, -0.25) is 0 Å². The minimum absolute atomic E-state index is 0.345. The van der Waals surface area contributed by atoms with Crippen LogP contribution in [0, 0.1) is 0 Å². The SMILES string of the molecule is NCc1ncn(-c2nc3ccccc3s2)n1. The molecule has 0 bridgehead atoms. The van der Waals surface area contributed by atoms with Gasteiger partial charge in [0, 0.05) is 0 Å². The fraction of sp³-hybridized carbons (Fsp3) is 0.100. The Balaban J connectivity index is 2.11. The lowest BCUT2D eigenvalue weighted by Crippen LogP contribution is -2.00. The summed E-state index contributed by atoms with van der Waals surface area (Å²) in [7, 11) is 0. The number of benzene rings is 1. The first-order chi connectivity index (χ1) is 7.86. The molecular formula is C10H9N5S. The second-order valence-corrected chi connectivity index (χ2v) is 4.28. The summed E-state index contributed by atoms with van der Waals surface area (Å²) >= 11 is 1.58. The van der Waals surface area contributed by atoms with Crippen molar-refractivity contribution in [1.82, 2.24) is 19.7 Å². The lowest BCUT2D eigenvalue weighted by Gasteiger charge is -1.90. The predicted molar refractivity (Wildman–Crippen MR) is 62.4 cm³/mol. The topological polar surface area (TPSA) is 69.6 Å². The van der Waals surface area contributed by atoms with Crippen LogP contribution in [0.15, 0.2) is 30.6 Å². The van der Waals surface area contributed by atoms with E-state index in [1.54, 1.807) is 22.3 Å². The summed E-state index contributed by atoms with van der Waals surface area (Å²) in [5.41, 5.74) is 6.44. The molecule has 3 aromatic rings. The Morgan fingerprint density at radius 3 is 2.94 bits per heavy atom. The van der Waals surface area contributed by atoms with Crippen molar-refractivity contribution in [2.75, 3.05) is 0 Å². The zero-order valence-corrected chi connectivity index (χ0v) is 9.18. The molecule has 0 aliphatic carbocycles. The van der Waals surface area contributed by atoms with E-state index < -0.39 is 0 Å². The molecule has 0 unspecified atom stereocenters. The fourth-order valence-corrected chi connectivity index (χ4v) is 2.33. The molecule has 0 spiro atoms. The molecule has 0 atom stereocenters. The quantitative estimate of drug-likeness (QED) is 0.722. The van der Waals surface area contributed by atoms with Crippen molar-refractivity contribution < 1.29 is 0 Å². The lowest BCUT2D eigenvalue weighted by molar-refractivity contribution is 0.826. The zero-order valence-electron chi connectivity index (χ0n) is 8.37. The van der Waals surface area contributed by atoms with Crippen LogP contribution >= 0.6 is 11.3 Å². The van der Waals surface area contributed by atoms with E-state index in [1.807, 2.05) is 24.3 Å². The first-order valence-corrected chi connectivity index (χ1v) is 5.65. The second-order valence-electron chi connectivity index (χ2n) is 3.27. The van der Waals surface area contributed by atoms with Crippen LogP contribution in [0.5, 0.6) is 0 Å². The van der Waals surface area contributed by atoms with Gasteiger partial charge in [-0.1, -0.05) is 23.5 Å². The van der Waals surface area contributed by atoms with Gasteiger partial charge in [-0.15, -0.1) is 5.10 Å². The van der Waals surface area contributed by atoms with Gasteiger partial charge in [0.1, 0.15) is 6.33 Å². The third-order valence-electron chi connectivity index (χ3n) is 2.20. The average Bonchev–Trinajstić information content (AvgIpc) is 2.95. The van der Waals surface area contributed by atoms with Gasteiger partial charge in [0.2, 0.25) is 5.13 Å². The maximum atomic E-state index is 5.46. The van der Waals surface area contributed by atoms with E-state index in [1.165, 1.54) is 0 Å². The van der Waals surface area contributed by atoms with Gasteiger partial charge in [0.05, 0.1) is 16.8 Å². The Hall–Kier alpha value is -1.79. The minimum Gasteiger partial charge on any atom is -0.324 e. The molecule has 0 amide bonds. The smallest absolute Gasteiger partial charge is 0.212 e. The maximum Gasteiger partial charge on any atom is 0.212 e. The number of para-hydroxylation sites is 1. The van der Waals surface area contributed by atoms with Gasteiger partial charge in [0.25, 0.3) is 0 Å². The molecule has 0 aliphatic rings. The van der Waals surface area contributed by atoms with Gasteiger partial charge in [-0.25, -0.2) is 9.97 Å². The number of aromatic nitrogens is 4. The summed E-state index contributed by atoms with van der Waals surface area (Å²) in [4.78, 5) is 8.54. The van der Waals surface area contributed by atoms with Crippen LogP contribution in [0.3, 0.4) is 0 Å². The van der Waals surface area contributed by atoms with E-state index in [9.17, 15) is 0 Å². The van der Waals surface area contributed by atoms with Crippen LogP contribution in [0.4, 0.5) is 0 Å². The molecule has 0 aliphatic heterocycles. The molecule has 3 rings (SSSR count). The van der Waals surface area contributed by atoms with Crippen LogP contribution in [0.2, 0.25) is 0 Å². The van der Waals surface area contributed by atoms with Crippen LogP contribution in [0.1, 0.15) is 5.82 Å². The first kappa shape index (κ1) is 9.44. The Morgan fingerprint density at radius 1 is 1.31 bits per heavy atom. The molecule has 2 N–H and O–H groups in total. The molecule has 2 aromatic heterocycles. The van der Waals surface area contributed by atoms with Crippen molar-refractivity contribution in [2.24, 2.45) is 5.73 Å². The van der Waals surface area contributed by atoms with E-state index in [-0.39, 0.29) is 0 Å². The van der Waals surface area contributed by atoms with Gasteiger partial charge < -0.3 is 5.73 Å². The highest BCUT2D eigenvalue weighted by Crippen LogP contribution is 2.23. The van der Waals surface area contributed by atoms with Gasteiger partial charge in [-0.2, -0.15) is 4.68 Å². The van der Waals surface area contributed by atoms with E-state index in [0.29, 0.717) is 12.4 Å². The average molecular weight is 231 g/mol. The molecule has 1 aromatic carbocycles. The van der Waals surface area contributed by atoms with Crippen molar-refractivity contribution >= 4 is 21.6 Å². The van der Waals surface area contributed by atoms with Crippen LogP contribution in [0.25, 0.3) is 15.3 Å².